The number of aromatic nitrogens is 2. The Labute approximate surface area is 127 Å². The van der Waals surface area contributed by atoms with E-state index < -0.39 is 0 Å². The van der Waals surface area contributed by atoms with E-state index in [0.29, 0.717) is 12.1 Å². The topological polar surface area (TPSA) is 44.1 Å². The summed E-state index contributed by atoms with van der Waals surface area (Å²) < 4.78 is 7.58. The lowest BCUT2D eigenvalue weighted by atomic mass is 10.2. The molecule has 0 radical (unpaired) electrons. The highest BCUT2D eigenvalue weighted by atomic mass is 32.2. The Hall–Kier alpha value is -1.33. The average molecular weight is 302 g/mol. The summed E-state index contributed by atoms with van der Waals surface area (Å²) in [4.78, 5) is 17.4. The van der Waals surface area contributed by atoms with Gasteiger partial charge in [-0.2, -0.15) is 0 Å². The molecule has 0 N–H and O–H groups in total. The molecule has 1 saturated heterocycles. The molecule has 0 bridgehead atoms. The SMILES string of the molecule is O=c1c2ccccc2nc(SCC2CCCO2)n1C1CC1. The molecule has 2 aromatic rings. The molecule has 1 aromatic heterocycles. The van der Waals surface area contributed by atoms with Crippen molar-refractivity contribution in [3.63, 3.8) is 0 Å². The zero-order valence-electron chi connectivity index (χ0n) is 11.8. The molecule has 0 amide bonds. The predicted molar refractivity (Wildman–Crippen MR) is 84.0 cm³/mol. The van der Waals surface area contributed by atoms with Crippen LogP contribution in [0.25, 0.3) is 10.9 Å². The first-order chi connectivity index (χ1) is 10.3. The van der Waals surface area contributed by atoms with Gasteiger partial charge in [0.1, 0.15) is 0 Å². The molecule has 5 heteroatoms. The van der Waals surface area contributed by atoms with E-state index in [1.165, 1.54) is 0 Å². The molecule has 1 atom stereocenters. The van der Waals surface area contributed by atoms with Gasteiger partial charge in [-0.15, -0.1) is 0 Å². The Kier molecular flexibility index (Phi) is 3.47. The molecule has 1 aromatic carbocycles. The maximum absolute atomic E-state index is 12.7. The maximum atomic E-state index is 12.7. The second-order valence-electron chi connectivity index (χ2n) is 5.76. The number of hydrogen-bond donors (Lipinski definition) is 0. The van der Waals surface area contributed by atoms with E-state index in [0.717, 1.165) is 54.1 Å². The molecule has 21 heavy (non-hydrogen) atoms. The molecule has 110 valence electrons. The van der Waals surface area contributed by atoms with Crippen LogP contribution in [0, 0.1) is 0 Å². The van der Waals surface area contributed by atoms with Gasteiger partial charge in [0.15, 0.2) is 5.16 Å². The van der Waals surface area contributed by atoms with Gasteiger partial charge in [-0.3, -0.25) is 9.36 Å². The second kappa shape index (κ2) is 5.46. The largest absolute Gasteiger partial charge is 0.377 e. The van der Waals surface area contributed by atoms with Crippen LogP contribution in [0.1, 0.15) is 31.7 Å². The van der Waals surface area contributed by atoms with Crippen LogP contribution in [0.2, 0.25) is 0 Å². The van der Waals surface area contributed by atoms with Crippen LogP contribution in [0.5, 0.6) is 0 Å². The monoisotopic (exact) mass is 302 g/mol. The Balaban J connectivity index is 1.71. The lowest BCUT2D eigenvalue weighted by Gasteiger charge is -2.14. The third kappa shape index (κ3) is 2.60. The van der Waals surface area contributed by atoms with E-state index >= 15 is 0 Å². The highest BCUT2D eigenvalue weighted by Crippen LogP contribution is 2.37. The van der Waals surface area contributed by atoms with Gasteiger partial charge in [-0.05, 0) is 37.8 Å². The number of nitrogens with zero attached hydrogens (tertiary/aromatic N) is 2. The molecular formula is C16H18N2O2S. The molecule has 1 aliphatic carbocycles. The van der Waals surface area contributed by atoms with E-state index in [-0.39, 0.29) is 5.56 Å². The van der Waals surface area contributed by atoms with E-state index in [1.807, 2.05) is 28.8 Å². The maximum Gasteiger partial charge on any atom is 0.262 e. The molecule has 1 aliphatic heterocycles. The van der Waals surface area contributed by atoms with E-state index in [1.54, 1.807) is 11.8 Å². The molecule has 0 spiro atoms. The van der Waals surface area contributed by atoms with Crippen molar-refractivity contribution in [2.24, 2.45) is 0 Å². The zero-order chi connectivity index (χ0) is 14.2. The molecule has 2 aliphatic rings. The van der Waals surface area contributed by atoms with E-state index in [9.17, 15) is 4.79 Å². The molecule has 2 heterocycles. The van der Waals surface area contributed by atoms with Gasteiger partial charge in [-0.1, -0.05) is 23.9 Å². The standard InChI is InChI=1S/C16H18N2O2S/c19-15-13-5-1-2-6-14(13)17-16(18(15)11-7-8-11)21-10-12-4-3-9-20-12/h1-2,5-6,11-12H,3-4,7-10H2. The number of rotatable bonds is 4. The van der Waals surface area contributed by atoms with Crippen molar-refractivity contribution in [2.45, 2.75) is 43.0 Å². The second-order valence-corrected chi connectivity index (χ2v) is 6.75. The van der Waals surface area contributed by atoms with Crippen molar-refractivity contribution in [1.82, 2.24) is 9.55 Å². The summed E-state index contributed by atoms with van der Waals surface area (Å²) in [7, 11) is 0. The molecule has 4 rings (SSSR count). The van der Waals surface area contributed by atoms with Gasteiger partial charge in [0.25, 0.3) is 5.56 Å². The number of hydrogen-bond acceptors (Lipinski definition) is 4. The van der Waals surface area contributed by atoms with E-state index in [2.05, 4.69) is 0 Å². The summed E-state index contributed by atoms with van der Waals surface area (Å²) in [6, 6.07) is 7.98. The fourth-order valence-corrected chi connectivity index (χ4v) is 3.96. The van der Waals surface area contributed by atoms with Crippen molar-refractivity contribution in [1.29, 1.82) is 0 Å². The highest BCUT2D eigenvalue weighted by Gasteiger charge is 2.29. The van der Waals surface area contributed by atoms with Gasteiger partial charge in [-0.25, -0.2) is 4.98 Å². The summed E-state index contributed by atoms with van der Waals surface area (Å²) >= 11 is 1.67. The molecule has 1 unspecified atom stereocenters. The van der Waals surface area contributed by atoms with Crippen molar-refractivity contribution in [2.75, 3.05) is 12.4 Å². The summed E-state index contributed by atoms with van der Waals surface area (Å²) in [5.74, 6) is 0.886. The van der Waals surface area contributed by atoms with Gasteiger partial charge < -0.3 is 4.74 Å². The van der Waals surface area contributed by atoms with Crippen LogP contribution in [-0.4, -0.2) is 28.0 Å². The lowest BCUT2D eigenvalue weighted by molar-refractivity contribution is 0.129. The Morgan fingerprint density at radius 3 is 2.90 bits per heavy atom. The first-order valence-electron chi connectivity index (χ1n) is 7.58. The number of fused-ring (bicyclic) bond motifs is 1. The van der Waals surface area contributed by atoms with Crippen LogP contribution in [0.3, 0.4) is 0 Å². The quantitative estimate of drug-likeness (QED) is 0.643. The summed E-state index contributed by atoms with van der Waals surface area (Å²) in [5, 5.41) is 1.59. The first-order valence-corrected chi connectivity index (χ1v) is 8.57. The fraction of sp³-hybridized carbons (Fsp3) is 0.500. The van der Waals surface area contributed by atoms with Gasteiger partial charge in [0, 0.05) is 18.4 Å². The zero-order valence-corrected chi connectivity index (χ0v) is 12.6. The molecule has 2 fully saturated rings. The third-order valence-corrected chi connectivity index (χ3v) is 5.19. The fourth-order valence-electron chi connectivity index (χ4n) is 2.83. The van der Waals surface area contributed by atoms with Crippen LogP contribution in [-0.2, 0) is 4.74 Å². The number of benzene rings is 1. The summed E-state index contributed by atoms with van der Waals surface area (Å²) in [5.41, 5.74) is 0.909. The minimum atomic E-state index is 0.109. The number of thioether (sulfide) groups is 1. The van der Waals surface area contributed by atoms with Crippen LogP contribution < -0.4 is 5.56 Å². The Morgan fingerprint density at radius 2 is 2.14 bits per heavy atom. The Morgan fingerprint density at radius 1 is 1.29 bits per heavy atom. The van der Waals surface area contributed by atoms with Crippen LogP contribution in [0.15, 0.2) is 34.2 Å². The number of para-hydroxylation sites is 1. The highest BCUT2D eigenvalue weighted by molar-refractivity contribution is 7.99. The predicted octanol–water partition coefficient (Wildman–Crippen LogP) is 3.00. The minimum Gasteiger partial charge on any atom is -0.377 e. The Bertz CT molecular complexity index is 718. The van der Waals surface area contributed by atoms with Crippen molar-refractivity contribution in [3.8, 4) is 0 Å². The summed E-state index contributed by atoms with van der Waals surface area (Å²) in [6.07, 6.45) is 4.76. The van der Waals surface area contributed by atoms with Gasteiger partial charge in [0.05, 0.1) is 17.0 Å². The van der Waals surface area contributed by atoms with Crippen LogP contribution in [0.4, 0.5) is 0 Å². The third-order valence-electron chi connectivity index (χ3n) is 4.11. The van der Waals surface area contributed by atoms with Crippen molar-refractivity contribution < 1.29 is 4.74 Å². The smallest absolute Gasteiger partial charge is 0.262 e. The van der Waals surface area contributed by atoms with Crippen molar-refractivity contribution >= 4 is 22.7 Å². The molecule has 4 nitrogen and oxygen atoms in total. The van der Waals surface area contributed by atoms with Gasteiger partial charge >= 0.3 is 0 Å². The van der Waals surface area contributed by atoms with Gasteiger partial charge in [0.2, 0.25) is 0 Å². The van der Waals surface area contributed by atoms with E-state index in [4.69, 9.17) is 9.72 Å². The first kappa shape index (κ1) is 13.3. The van der Waals surface area contributed by atoms with Crippen LogP contribution >= 0.6 is 11.8 Å². The summed E-state index contributed by atoms with van der Waals surface area (Å²) in [6.45, 7) is 0.867. The number of ether oxygens (including phenoxy) is 1. The minimum absolute atomic E-state index is 0.109. The normalized spacial score (nSPS) is 22.0. The molecule has 1 saturated carbocycles. The average Bonchev–Trinajstić information content (AvgIpc) is 3.20. The molecular weight excluding hydrogens is 284 g/mol. The van der Waals surface area contributed by atoms with Crippen molar-refractivity contribution in [3.05, 3.63) is 34.6 Å². The lowest BCUT2D eigenvalue weighted by Crippen LogP contribution is -2.23.